The highest BCUT2D eigenvalue weighted by molar-refractivity contribution is 9.10. The Morgan fingerprint density at radius 3 is 2.22 bits per heavy atom. The Morgan fingerprint density at radius 2 is 1.78 bits per heavy atom. The third kappa shape index (κ3) is 2.37. The summed E-state index contributed by atoms with van der Waals surface area (Å²) in [6.45, 7) is 1.36. The van der Waals surface area contributed by atoms with Crippen molar-refractivity contribution in [3.8, 4) is 5.69 Å². The van der Waals surface area contributed by atoms with Crippen molar-refractivity contribution >= 4 is 28.1 Å². The Morgan fingerprint density at radius 1 is 1.22 bits per heavy atom. The summed E-state index contributed by atoms with van der Waals surface area (Å²) in [5.74, 6) is 0. The second-order valence-electron chi connectivity index (χ2n) is 3.73. The molecule has 0 fully saturated rings. The maximum absolute atomic E-state index is 12.7. The number of benzene rings is 1. The Kier molecular flexibility index (Phi) is 3.37. The molecule has 0 spiro atoms. The van der Waals surface area contributed by atoms with Crippen molar-refractivity contribution in [1.29, 1.82) is 0 Å². The van der Waals surface area contributed by atoms with Crippen LogP contribution in [0.25, 0.3) is 5.69 Å². The first-order valence-electron chi connectivity index (χ1n) is 4.95. The lowest BCUT2D eigenvalue weighted by Gasteiger charge is -2.05. The van der Waals surface area contributed by atoms with E-state index in [2.05, 4.69) is 21.0 Å². The smallest absolute Gasteiger partial charge is 0.288 e. The van der Waals surface area contributed by atoms with Crippen molar-refractivity contribution in [2.24, 2.45) is 0 Å². The molecule has 1 heterocycles. The summed E-state index contributed by atoms with van der Waals surface area (Å²) in [7, 11) is 0. The number of H-pyrrole nitrogens is 1. The van der Waals surface area contributed by atoms with Gasteiger partial charge in [-0.05, 0) is 31.2 Å². The van der Waals surface area contributed by atoms with Crippen LogP contribution in [0.15, 0.2) is 28.7 Å². The molecule has 0 aliphatic carbocycles. The fourth-order valence-electron chi connectivity index (χ4n) is 1.57. The van der Waals surface area contributed by atoms with Crippen LogP contribution in [0.2, 0.25) is 0 Å². The number of hydrogen-bond donors (Lipinski definition) is 1. The Labute approximate surface area is 115 Å². The van der Waals surface area contributed by atoms with E-state index in [1.165, 1.54) is 11.6 Å². The fourth-order valence-corrected chi connectivity index (χ4v) is 2.09. The number of aromatic amines is 1. The lowest BCUT2D eigenvalue weighted by Crippen LogP contribution is -2.08. The van der Waals surface area contributed by atoms with Crippen LogP contribution in [0, 0.1) is 11.6 Å². The molecule has 0 aliphatic heterocycles. The fraction of sp³-hybridized carbons (Fsp3) is 0.182. The second kappa shape index (κ2) is 4.55. The van der Waals surface area contributed by atoms with Gasteiger partial charge >= 0.3 is 6.18 Å². The molecule has 2 aromatic rings. The zero-order valence-corrected chi connectivity index (χ0v) is 11.6. The van der Waals surface area contributed by atoms with Crippen LogP contribution in [0.5, 0.6) is 0 Å². The SMILES string of the molecule is Cc1c(C(F)(F)F)[nH]n(-c2ccc(Br)cc2)c1=S. The minimum Gasteiger partial charge on any atom is -0.288 e. The highest BCUT2D eigenvalue weighted by atomic mass is 79.9. The Hall–Kier alpha value is -1.08. The van der Waals surface area contributed by atoms with Gasteiger partial charge in [0.25, 0.3) is 0 Å². The number of alkyl halides is 3. The maximum atomic E-state index is 12.7. The van der Waals surface area contributed by atoms with Crippen molar-refractivity contribution in [2.75, 3.05) is 0 Å². The molecule has 0 atom stereocenters. The monoisotopic (exact) mass is 336 g/mol. The Bertz CT molecular complexity index is 625. The van der Waals surface area contributed by atoms with Crippen LogP contribution in [0.1, 0.15) is 11.3 Å². The summed E-state index contributed by atoms with van der Waals surface area (Å²) in [6.07, 6.45) is -4.43. The molecular formula is C11H8BrF3N2S. The zero-order chi connectivity index (χ0) is 13.5. The molecule has 0 saturated heterocycles. The van der Waals surface area contributed by atoms with Crippen molar-refractivity contribution in [1.82, 2.24) is 9.78 Å². The van der Waals surface area contributed by atoms with Crippen molar-refractivity contribution < 1.29 is 13.2 Å². The number of nitrogens with zero attached hydrogens (tertiary/aromatic N) is 1. The van der Waals surface area contributed by atoms with Gasteiger partial charge in [-0.2, -0.15) is 13.2 Å². The lowest BCUT2D eigenvalue weighted by molar-refractivity contribution is -0.141. The number of aromatic nitrogens is 2. The molecule has 96 valence electrons. The number of hydrogen-bond acceptors (Lipinski definition) is 1. The van der Waals surface area contributed by atoms with Gasteiger partial charge in [0.15, 0.2) is 0 Å². The molecule has 2 nitrogen and oxygen atoms in total. The average Bonchev–Trinajstić information content (AvgIpc) is 2.57. The molecule has 2 rings (SSSR count). The summed E-state index contributed by atoms with van der Waals surface area (Å²) in [4.78, 5) is 0. The maximum Gasteiger partial charge on any atom is 0.433 e. The summed E-state index contributed by atoms with van der Waals surface area (Å²) in [5, 5.41) is 2.30. The summed E-state index contributed by atoms with van der Waals surface area (Å²) in [5.41, 5.74) is -0.224. The molecule has 0 unspecified atom stereocenters. The van der Waals surface area contributed by atoms with Gasteiger partial charge in [-0.3, -0.25) is 5.10 Å². The highest BCUT2D eigenvalue weighted by Crippen LogP contribution is 2.31. The molecule has 0 amide bonds. The van der Waals surface area contributed by atoms with Crippen molar-refractivity contribution in [3.05, 3.63) is 44.6 Å². The summed E-state index contributed by atoms with van der Waals surface area (Å²) >= 11 is 8.28. The van der Waals surface area contributed by atoms with Gasteiger partial charge in [0.2, 0.25) is 0 Å². The Balaban J connectivity index is 2.60. The predicted octanol–water partition coefficient (Wildman–Crippen LogP) is 4.62. The van der Waals surface area contributed by atoms with Crippen molar-refractivity contribution in [2.45, 2.75) is 13.1 Å². The van der Waals surface area contributed by atoms with E-state index in [4.69, 9.17) is 12.2 Å². The molecular weight excluding hydrogens is 329 g/mol. The van der Waals surface area contributed by atoms with E-state index >= 15 is 0 Å². The first-order valence-corrected chi connectivity index (χ1v) is 6.15. The number of nitrogens with one attached hydrogen (secondary N) is 1. The van der Waals surface area contributed by atoms with Crippen LogP contribution >= 0.6 is 28.1 Å². The lowest BCUT2D eigenvalue weighted by atomic mass is 10.3. The molecule has 0 saturated carbocycles. The van der Waals surface area contributed by atoms with E-state index in [1.807, 2.05) is 0 Å². The molecule has 7 heteroatoms. The molecule has 0 aliphatic rings. The van der Waals surface area contributed by atoms with E-state index in [-0.39, 0.29) is 10.2 Å². The van der Waals surface area contributed by atoms with Crippen LogP contribution < -0.4 is 0 Å². The van der Waals surface area contributed by atoms with Gasteiger partial charge in [0, 0.05) is 10.0 Å². The van der Waals surface area contributed by atoms with E-state index < -0.39 is 11.9 Å². The second-order valence-corrected chi connectivity index (χ2v) is 5.03. The molecule has 1 N–H and O–H groups in total. The zero-order valence-electron chi connectivity index (χ0n) is 9.18. The van der Waals surface area contributed by atoms with Gasteiger partial charge in [-0.15, -0.1) is 0 Å². The predicted molar refractivity (Wildman–Crippen MR) is 68.4 cm³/mol. The van der Waals surface area contributed by atoms with E-state index in [1.54, 1.807) is 24.3 Å². The van der Waals surface area contributed by atoms with Gasteiger partial charge in [0.1, 0.15) is 10.3 Å². The first kappa shape index (κ1) is 13.4. The number of halogens is 4. The van der Waals surface area contributed by atoms with Crippen LogP contribution in [-0.4, -0.2) is 9.78 Å². The van der Waals surface area contributed by atoms with Gasteiger partial charge in [-0.1, -0.05) is 28.1 Å². The molecule has 0 bridgehead atoms. The minimum atomic E-state index is -4.43. The third-order valence-electron chi connectivity index (χ3n) is 2.49. The average molecular weight is 337 g/mol. The third-order valence-corrected chi connectivity index (χ3v) is 3.51. The first-order chi connectivity index (χ1) is 8.30. The van der Waals surface area contributed by atoms with Gasteiger partial charge in [-0.25, -0.2) is 4.68 Å². The highest BCUT2D eigenvalue weighted by Gasteiger charge is 2.35. The molecule has 1 aromatic heterocycles. The minimum absolute atomic E-state index is 0.0282. The quantitative estimate of drug-likeness (QED) is 0.753. The van der Waals surface area contributed by atoms with Crippen LogP contribution in [0.4, 0.5) is 13.2 Å². The largest absolute Gasteiger partial charge is 0.433 e. The standard InChI is InChI=1S/C11H8BrF3N2S/c1-6-9(11(13,14)15)16-17(10(6)18)8-4-2-7(12)3-5-8/h2-5,16H,1H3. The molecule has 0 radical (unpaired) electrons. The number of rotatable bonds is 1. The van der Waals surface area contributed by atoms with Crippen molar-refractivity contribution in [3.63, 3.8) is 0 Å². The molecule has 18 heavy (non-hydrogen) atoms. The summed E-state index contributed by atoms with van der Waals surface area (Å²) < 4.78 is 40.4. The summed E-state index contributed by atoms with van der Waals surface area (Å²) in [6, 6.07) is 6.83. The topological polar surface area (TPSA) is 20.7 Å². The van der Waals surface area contributed by atoms with Gasteiger partial charge in [0.05, 0.1) is 5.69 Å². The van der Waals surface area contributed by atoms with Gasteiger partial charge < -0.3 is 0 Å². The van der Waals surface area contributed by atoms with Crippen LogP contribution in [-0.2, 0) is 6.18 Å². The van der Waals surface area contributed by atoms with E-state index in [0.29, 0.717) is 5.69 Å². The van der Waals surface area contributed by atoms with E-state index in [0.717, 1.165) is 4.47 Å². The van der Waals surface area contributed by atoms with E-state index in [9.17, 15) is 13.2 Å². The van der Waals surface area contributed by atoms with Crippen LogP contribution in [0.3, 0.4) is 0 Å². The normalized spacial score (nSPS) is 11.8. The molecule has 1 aromatic carbocycles.